The van der Waals surface area contributed by atoms with E-state index in [9.17, 15) is 0 Å². The molecule has 2 nitrogen and oxygen atoms in total. The van der Waals surface area contributed by atoms with E-state index in [0.717, 1.165) is 19.0 Å². The molecule has 2 aliphatic rings. The summed E-state index contributed by atoms with van der Waals surface area (Å²) in [6.45, 7) is 2.24. The first kappa shape index (κ1) is 7.54. The van der Waals surface area contributed by atoms with Crippen molar-refractivity contribution in [3.8, 4) is 0 Å². The average molecular weight is 175 g/mol. The second-order valence-electron chi connectivity index (χ2n) is 3.87. The van der Waals surface area contributed by atoms with E-state index in [2.05, 4.69) is 35.4 Å². The van der Waals surface area contributed by atoms with Gasteiger partial charge in [-0.3, -0.25) is 4.84 Å². The summed E-state index contributed by atoms with van der Waals surface area (Å²) in [5.41, 5.74) is 1.33. The highest BCUT2D eigenvalue weighted by Gasteiger charge is 2.40. The molecule has 1 aromatic rings. The van der Waals surface area contributed by atoms with Crippen LogP contribution in [0, 0.1) is 5.92 Å². The first-order chi connectivity index (χ1) is 6.43. The second-order valence-corrected chi connectivity index (χ2v) is 3.87. The smallest absolute Gasteiger partial charge is 0.108 e. The summed E-state index contributed by atoms with van der Waals surface area (Å²) in [5, 5.41) is 2.10. The quantitative estimate of drug-likeness (QED) is 0.647. The Bertz CT molecular complexity index is 298. The summed E-state index contributed by atoms with van der Waals surface area (Å²) >= 11 is 0. The van der Waals surface area contributed by atoms with E-state index < -0.39 is 0 Å². The van der Waals surface area contributed by atoms with E-state index in [-0.39, 0.29) is 0 Å². The third-order valence-corrected chi connectivity index (χ3v) is 3.01. The van der Waals surface area contributed by atoms with Crippen LogP contribution < -0.4 is 0 Å². The SMILES string of the molecule is c1ccc(C2ON3CCC2C3)cc1. The van der Waals surface area contributed by atoms with Crippen LogP contribution in [0.3, 0.4) is 0 Å². The highest BCUT2D eigenvalue weighted by molar-refractivity contribution is 5.19. The Labute approximate surface area is 78.1 Å². The number of hydroxylamine groups is 2. The molecule has 2 heterocycles. The predicted molar refractivity (Wildman–Crippen MR) is 49.9 cm³/mol. The minimum Gasteiger partial charge on any atom is -0.291 e. The molecule has 0 aromatic heterocycles. The number of rotatable bonds is 1. The molecule has 13 heavy (non-hydrogen) atoms. The van der Waals surface area contributed by atoms with Gasteiger partial charge in [0, 0.05) is 19.0 Å². The maximum absolute atomic E-state index is 5.78. The van der Waals surface area contributed by atoms with Crippen molar-refractivity contribution in [2.45, 2.75) is 12.5 Å². The molecule has 2 heteroatoms. The van der Waals surface area contributed by atoms with Gasteiger partial charge in [-0.1, -0.05) is 30.3 Å². The molecule has 0 N–H and O–H groups in total. The van der Waals surface area contributed by atoms with Gasteiger partial charge < -0.3 is 0 Å². The molecule has 2 bridgehead atoms. The van der Waals surface area contributed by atoms with Gasteiger partial charge in [-0.05, 0) is 12.0 Å². The zero-order chi connectivity index (χ0) is 8.67. The molecule has 68 valence electrons. The van der Waals surface area contributed by atoms with Crippen molar-refractivity contribution >= 4 is 0 Å². The van der Waals surface area contributed by atoms with E-state index in [1.165, 1.54) is 12.0 Å². The molecule has 3 unspecified atom stereocenters. The van der Waals surface area contributed by atoms with Crippen molar-refractivity contribution < 1.29 is 4.84 Å². The lowest BCUT2D eigenvalue weighted by molar-refractivity contribution is -0.162. The van der Waals surface area contributed by atoms with Crippen molar-refractivity contribution in [1.82, 2.24) is 5.06 Å². The minimum atomic E-state index is 0.329. The lowest BCUT2D eigenvalue weighted by Crippen LogP contribution is -2.19. The Hall–Kier alpha value is -0.860. The number of fused-ring (bicyclic) bond motifs is 2. The molecule has 2 aliphatic heterocycles. The zero-order valence-corrected chi connectivity index (χ0v) is 7.52. The molecular formula is C11H13NO. The van der Waals surface area contributed by atoms with Gasteiger partial charge in [-0.15, -0.1) is 0 Å². The molecular weight excluding hydrogens is 162 g/mol. The van der Waals surface area contributed by atoms with Gasteiger partial charge in [0.25, 0.3) is 0 Å². The van der Waals surface area contributed by atoms with E-state index in [1.807, 2.05) is 0 Å². The van der Waals surface area contributed by atoms with Gasteiger partial charge in [0.1, 0.15) is 6.10 Å². The fraction of sp³-hybridized carbons (Fsp3) is 0.455. The zero-order valence-electron chi connectivity index (χ0n) is 7.52. The van der Waals surface area contributed by atoms with Crippen LogP contribution in [0.4, 0.5) is 0 Å². The summed E-state index contributed by atoms with van der Waals surface area (Å²) in [4.78, 5) is 5.78. The highest BCUT2D eigenvalue weighted by atomic mass is 16.7. The first-order valence-electron chi connectivity index (χ1n) is 4.90. The number of benzene rings is 1. The molecule has 0 saturated carbocycles. The van der Waals surface area contributed by atoms with Crippen LogP contribution in [0.2, 0.25) is 0 Å². The third-order valence-electron chi connectivity index (χ3n) is 3.01. The van der Waals surface area contributed by atoms with Gasteiger partial charge in [-0.25, -0.2) is 0 Å². The van der Waals surface area contributed by atoms with Gasteiger partial charge in [-0.2, -0.15) is 5.06 Å². The summed E-state index contributed by atoms with van der Waals surface area (Å²) < 4.78 is 0. The Morgan fingerprint density at radius 3 is 2.69 bits per heavy atom. The van der Waals surface area contributed by atoms with Crippen molar-refractivity contribution in [1.29, 1.82) is 0 Å². The monoisotopic (exact) mass is 175 g/mol. The first-order valence-corrected chi connectivity index (χ1v) is 4.90. The van der Waals surface area contributed by atoms with Crippen LogP contribution >= 0.6 is 0 Å². The molecule has 2 saturated heterocycles. The highest BCUT2D eigenvalue weighted by Crippen LogP contribution is 2.40. The molecule has 3 atom stereocenters. The summed E-state index contributed by atoms with van der Waals surface area (Å²) in [6.07, 6.45) is 1.62. The Kier molecular flexibility index (Phi) is 1.64. The van der Waals surface area contributed by atoms with Crippen LogP contribution in [0.15, 0.2) is 30.3 Å². The maximum atomic E-state index is 5.78. The van der Waals surface area contributed by atoms with Gasteiger partial charge >= 0.3 is 0 Å². The molecule has 3 rings (SSSR count). The van der Waals surface area contributed by atoms with Crippen molar-refractivity contribution in [2.75, 3.05) is 13.1 Å². The normalized spacial score (nSPS) is 36.8. The Balaban J connectivity index is 1.87. The number of nitrogens with zero attached hydrogens (tertiary/aromatic N) is 1. The van der Waals surface area contributed by atoms with Crippen LogP contribution in [-0.2, 0) is 4.84 Å². The molecule has 0 amide bonds. The third kappa shape index (κ3) is 1.18. The van der Waals surface area contributed by atoms with Gasteiger partial charge in [0.05, 0.1) is 0 Å². The Morgan fingerprint density at radius 1 is 1.23 bits per heavy atom. The average Bonchev–Trinajstić information content (AvgIpc) is 2.80. The summed E-state index contributed by atoms with van der Waals surface area (Å²) in [5.74, 6) is 0.724. The minimum absolute atomic E-state index is 0.329. The predicted octanol–water partition coefficient (Wildman–Crippen LogP) is 1.99. The Morgan fingerprint density at radius 2 is 2.08 bits per heavy atom. The second kappa shape index (κ2) is 2.82. The lowest BCUT2D eigenvalue weighted by atomic mass is 9.95. The van der Waals surface area contributed by atoms with Crippen molar-refractivity contribution in [3.63, 3.8) is 0 Å². The number of hydrogen-bond acceptors (Lipinski definition) is 2. The van der Waals surface area contributed by atoms with Gasteiger partial charge in [0.15, 0.2) is 0 Å². The van der Waals surface area contributed by atoms with E-state index in [0.29, 0.717) is 6.10 Å². The van der Waals surface area contributed by atoms with Crippen LogP contribution in [0.5, 0.6) is 0 Å². The summed E-state index contributed by atoms with van der Waals surface area (Å²) in [6, 6.07) is 10.5. The standard InChI is InChI=1S/C11H13NO/c1-2-4-9(5-3-1)11-10-6-7-12(8-10)13-11/h1-5,10-11H,6-8H2. The van der Waals surface area contributed by atoms with Crippen LogP contribution in [0.1, 0.15) is 18.1 Å². The maximum Gasteiger partial charge on any atom is 0.108 e. The number of hydrogen-bond donors (Lipinski definition) is 0. The van der Waals surface area contributed by atoms with Gasteiger partial charge in [0.2, 0.25) is 0 Å². The van der Waals surface area contributed by atoms with Crippen LogP contribution in [-0.4, -0.2) is 18.2 Å². The molecule has 1 aromatic carbocycles. The molecule has 0 radical (unpaired) electrons. The molecule has 0 spiro atoms. The van der Waals surface area contributed by atoms with Crippen molar-refractivity contribution in [3.05, 3.63) is 35.9 Å². The lowest BCUT2D eigenvalue weighted by Gasteiger charge is -2.22. The fourth-order valence-corrected chi connectivity index (χ4v) is 2.32. The van der Waals surface area contributed by atoms with E-state index in [4.69, 9.17) is 4.84 Å². The fourth-order valence-electron chi connectivity index (χ4n) is 2.32. The topological polar surface area (TPSA) is 12.5 Å². The van der Waals surface area contributed by atoms with E-state index >= 15 is 0 Å². The molecule has 2 fully saturated rings. The summed E-state index contributed by atoms with van der Waals surface area (Å²) in [7, 11) is 0. The van der Waals surface area contributed by atoms with E-state index in [1.54, 1.807) is 0 Å². The van der Waals surface area contributed by atoms with Crippen molar-refractivity contribution in [2.24, 2.45) is 5.92 Å². The molecule has 0 aliphatic carbocycles. The van der Waals surface area contributed by atoms with Crippen LogP contribution in [0.25, 0.3) is 0 Å². The largest absolute Gasteiger partial charge is 0.291 e.